The molecule has 4 rings (SSSR count). The van der Waals surface area contributed by atoms with Gasteiger partial charge in [0.05, 0.1) is 17.6 Å². The summed E-state index contributed by atoms with van der Waals surface area (Å²) in [6, 6.07) is 10.4. The zero-order valence-corrected chi connectivity index (χ0v) is 15.5. The lowest BCUT2D eigenvalue weighted by Crippen LogP contribution is -1.99. The molecule has 26 heavy (non-hydrogen) atoms. The summed E-state index contributed by atoms with van der Waals surface area (Å²) >= 11 is 0. The molecule has 0 amide bonds. The van der Waals surface area contributed by atoms with Crippen LogP contribution in [0.5, 0.6) is 5.75 Å². The standard InChI is InChI=1S/C22H25N3O/c1-15-7-9-19(23-12-15)14-26-21-10-8-18(11-16(21)2)20-13-24-22(25-20)17-5-3-4-6-17/h7-13,17H,3-6,14H2,1-2H3,(H,24,25). The van der Waals surface area contributed by atoms with E-state index in [1.807, 2.05) is 31.5 Å². The summed E-state index contributed by atoms with van der Waals surface area (Å²) in [7, 11) is 0. The second-order valence-corrected chi connectivity index (χ2v) is 7.26. The van der Waals surface area contributed by atoms with Gasteiger partial charge in [-0.3, -0.25) is 4.98 Å². The highest BCUT2D eigenvalue weighted by Crippen LogP contribution is 2.34. The smallest absolute Gasteiger partial charge is 0.130 e. The van der Waals surface area contributed by atoms with Gasteiger partial charge in [-0.05, 0) is 62.1 Å². The number of ether oxygens (including phenoxy) is 1. The molecule has 1 saturated carbocycles. The largest absolute Gasteiger partial charge is 0.487 e. The molecule has 0 saturated heterocycles. The van der Waals surface area contributed by atoms with Gasteiger partial charge in [0.2, 0.25) is 0 Å². The molecule has 4 heteroatoms. The Morgan fingerprint density at radius 1 is 1.04 bits per heavy atom. The third-order valence-electron chi connectivity index (χ3n) is 5.17. The average molecular weight is 347 g/mol. The Morgan fingerprint density at radius 2 is 1.88 bits per heavy atom. The maximum atomic E-state index is 5.95. The van der Waals surface area contributed by atoms with Crippen molar-refractivity contribution < 1.29 is 4.74 Å². The Labute approximate surface area is 154 Å². The Morgan fingerprint density at radius 3 is 2.62 bits per heavy atom. The van der Waals surface area contributed by atoms with E-state index in [1.165, 1.54) is 25.7 Å². The average Bonchev–Trinajstić information content (AvgIpc) is 3.33. The van der Waals surface area contributed by atoms with E-state index in [1.54, 1.807) is 0 Å². The molecule has 0 spiro atoms. The van der Waals surface area contributed by atoms with Crippen LogP contribution in [0, 0.1) is 13.8 Å². The summed E-state index contributed by atoms with van der Waals surface area (Å²) in [5.74, 6) is 2.64. The van der Waals surface area contributed by atoms with Crippen molar-refractivity contribution in [3.05, 3.63) is 65.4 Å². The third-order valence-corrected chi connectivity index (χ3v) is 5.17. The summed E-state index contributed by atoms with van der Waals surface area (Å²) in [5, 5.41) is 0. The highest BCUT2D eigenvalue weighted by molar-refractivity contribution is 5.61. The zero-order valence-electron chi connectivity index (χ0n) is 15.5. The lowest BCUT2D eigenvalue weighted by Gasteiger charge is -2.10. The molecular weight excluding hydrogens is 322 g/mol. The molecule has 3 aromatic rings. The zero-order chi connectivity index (χ0) is 17.9. The molecule has 1 aliphatic carbocycles. The van der Waals surface area contributed by atoms with Gasteiger partial charge in [-0.2, -0.15) is 0 Å². The molecule has 1 fully saturated rings. The first-order valence-corrected chi connectivity index (χ1v) is 9.39. The van der Waals surface area contributed by atoms with E-state index in [2.05, 4.69) is 40.1 Å². The predicted octanol–water partition coefficient (Wildman–Crippen LogP) is 5.33. The number of nitrogens with one attached hydrogen (secondary N) is 1. The van der Waals surface area contributed by atoms with E-state index < -0.39 is 0 Å². The van der Waals surface area contributed by atoms with Crippen molar-refractivity contribution in [3.8, 4) is 17.0 Å². The molecule has 0 unspecified atom stereocenters. The maximum absolute atomic E-state index is 5.95. The van der Waals surface area contributed by atoms with Crippen LogP contribution in [0.3, 0.4) is 0 Å². The molecule has 0 bridgehead atoms. The number of aryl methyl sites for hydroxylation is 2. The SMILES string of the molecule is Cc1ccc(COc2ccc(-c3cnc(C4CCCC4)[nH]3)cc2C)nc1. The molecule has 0 aliphatic heterocycles. The van der Waals surface area contributed by atoms with Crippen LogP contribution in [0.15, 0.2) is 42.7 Å². The lowest BCUT2D eigenvalue weighted by molar-refractivity contribution is 0.299. The molecular formula is C22H25N3O. The van der Waals surface area contributed by atoms with Gasteiger partial charge < -0.3 is 9.72 Å². The fourth-order valence-corrected chi connectivity index (χ4v) is 3.60. The van der Waals surface area contributed by atoms with Crippen LogP contribution in [0.25, 0.3) is 11.3 Å². The van der Waals surface area contributed by atoms with Crippen LogP contribution in [-0.2, 0) is 6.61 Å². The summed E-state index contributed by atoms with van der Waals surface area (Å²) < 4.78 is 5.95. The Balaban J connectivity index is 1.46. The Kier molecular flexibility index (Phi) is 4.74. The minimum absolute atomic E-state index is 0.482. The molecule has 1 N–H and O–H groups in total. The molecule has 0 atom stereocenters. The van der Waals surface area contributed by atoms with Crippen LogP contribution in [0.2, 0.25) is 0 Å². The number of aromatic nitrogens is 3. The quantitative estimate of drug-likeness (QED) is 0.679. The number of aromatic amines is 1. The van der Waals surface area contributed by atoms with E-state index in [0.29, 0.717) is 12.5 Å². The number of hydrogen-bond acceptors (Lipinski definition) is 3. The van der Waals surface area contributed by atoms with Gasteiger partial charge in [0.25, 0.3) is 0 Å². The molecule has 2 heterocycles. The second kappa shape index (κ2) is 7.32. The molecule has 1 aromatic carbocycles. The molecule has 4 nitrogen and oxygen atoms in total. The van der Waals surface area contributed by atoms with Gasteiger partial charge in [0.15, 0.2) is 0 Å². The summed E-state index contributed by atoms with van der Waals surface area (Å²) in [6.07, 6.45) is 8.98. The summed E-state index contributed by atoms with van der Waals surface area (Å²) in [5.41, 5.74) is 5.45. The third kappa shape index (κ3) is 3.64. The Hall–Kier alpha value is -2.62. The molecule has 2 aromatic heterocycles. The monoisotopic (exact) mass is 347 g/mol. The van der Waals surface area contributed by atoms with Crippen LogP contribution in [0.1, 0.15) is 54.2 Å². The predicted molar refractivity (Wildman–Crippen MR) is 103 cm³/mol. The van der Waals surface area contributed by atoms with Gasteiger partial charge in [-0.1, -0.05) is 18.9 Å². The number of rotatable bonds is 5. The first-order valence-electron chi connectivity index (χ1n) is 9.39. The number of H-pyrrole nitrogens is 1. The van der Waals surface area contributed by atoms with Gasteiger partial charge in [0.1, 0.15) is 18.2 Å². The van der Waals surface area contributed by atoms with Crippen molar-refractivity contribution in [1.82, 2.24) is 15.0 Å². The normalized spacial score (nSPS) is 14.7. The number of nitrogens with zero attached hydrogens (tertiary/aromatic N) is 2. The van der Waals surface area contributed by atoms with Crippen LogP contribution in [0.4, 0.5) is 0 Å². The minimum atomic E-state index is 0.482. The molecule has 0 radical (unpaired) electrons. The van der Waals surface area contributed by atoms with Crippen LogP contribution in [-0.4, -0.2) is 15.0 Å². The fourth-order valence-electron chi connectivity index (χ4n) is 3.60. The topological polar surface area (TPSA) is 50.8 Å². The van der Waals surface area contributed by atoms with Gasteiger partial charge in [0, 0.05) is 17.7 Å². The molecule has 1 aliphatic rings. The van der Waals surface area contributed by atoms with Gasteiger partial charge in [-0.25, -0.2) is 4.98 Å². The van der Waals surface area contributed by atoms with E-state index >= 15 is 0 Å². The number of hydrogen-bond donors (Lipinski definition) is 1. The van der Waals surface area contributed by atoms with Gasteiger partial charge in [-0.15, -0.1) is 0 Å². The van der Waals surface area contributed by atoms with E-state index in [-0.39, 0.29) is 0 Å². The van der Waals surface area contributed by atoms with Gasteiger partial charge >= 0.3 is 0 Å². The van der Waals surface area contributed by atoms with Crippen molar-refractivity contribution in [1.29, 1.82) is 0 Å². The van der Waals surface area contributed by atoms with E-state index in [9.17, 15) is 0 Å². The highest BCUT2D eigenvalue weighted by atomic mass is 16.5. The first kappa shape index (κ1) is 16.8. The fraction of sp³-hybridized carbons (Fsp3) is 0.364. The van der Waals surface area contributed by atoms with E-state index in [0.717, 1.165) is 39.7 Å². The van der Waals surface area contributed by atoms with Crippen LogP contribution >= 0.6 is 0 Å². The van der Waals surface area contributed by atoms with Crippen molar-refractivity contribution in [2.45, 2.75) is 52.1 Å². The second-order valence-electron chi connectivity index (χ2n) is 7.26. The molecule has 134 valence electrons. The first-order chi connectivity index (χ1) is 12.7. The Bertz CT molecular complexity index is 877. The number of pyridine rings is 1. The number of imidazole rings is 1. The number of benzene rings is 1. The summed E-state index contributed by atoms with van der Waals surface area (Å²) in [6.45, 7) is 4.60. The summed E-state index contributed by atoms with van der Waals surface area (Å²) in [4.78, 5) is 12.5. The van der Waals surface area contributed by atoms with E-state index in [4.69, 9.17) is 4.74 Å². The maximum Gasteiger partial charge on any atom is 0.130 e. The lowest BCUT2D eigenvalue weighted by atomic mass is 10.1. The van der Waals surface area contributed by atoms with Crippen LogP contribution < -0.4 is 4.74 Å². The van der Waals surface area contributed by atoms with Crippen molar-refractivity contribution in [2.75, 3.05) is 0 Å². The van der Waals surface area contributed by atoms with Crippen molar-refractivity contribution in [3.63, 3.8) is 0 Å². The van der Waals surface area contributed by atoms with Crippen molar-refractivity contribution in [2.24, 2.45) is 0 Å². The minimum Gasteiger partial charge on any atom is -0.487 e. The van der Waals surface area contributed by atoms with Crippen molar-refractivity contribution >= 4 is 0 Å². The highest BCUT2D eigenvalue weighted by Gasteiger charge is 2.20.